The number of nitrogens with two attached hydrogens (primary N) is 1. The molecule has 1 aliphatic carbocycles. The summed E-state index contributed by atoms with van der Waals surface area (Å²) in [6, 6.07) is 28.6. The van der Waals surface area contributed by atoms with Gasteiger partial charge in [-0.25, -0.2) is 0 Å². The minimum Gasteiger partial charge on any atom is -0.491 e. The van der Waals surface area contributed by atoms with Gasteiger partial charge in [-0.1, -0.05) is 104 Å². The van der Waals surface area contributed by atoms with Crippen LogP contribution in [0.4, 0.5) is 5.69 Å². The van der Waals surface area contributed by atoms with Gasteiger partial charge in [0.25, 0.3) is 0 Å². The summed E-state index contributed by atoms with van der Waals surface area (Å²) in [6.07, 6.45) is 4.20. The molecule has 8 rings (SSSR count). The summed E-state index contributed by atoms with van der Waals surface area (Å²) in [5, 5.41) is 24.2. The molecule has 2 saturated heterocycles. The minimum absolute atomic E-state index is 0.0262. The number of carbonyl (C=O) groups excluding carboxylic acids is 3. The summed E-state index contributed by atoms with van der Waals surface area (Å²) in [7, 11) is 0. The Morgan fingerprint density at radius 1 is 0.889 bits per heavy atom. The summed E-state index contributed by atoms with van der Waals surface area (Å²) in [4.78, 5) is 45.8. The van der Waals surface area contributed by atoms with Gasteiger partial charge >= 0.3 is 5.97 Å². The van der Waals surface area contributed by atoms with Crippen LogP contribution in [-0.2, 0) is 24.5 Å². The number of esters is 1. The van der Waals surface area contributed by atoms with E-state index in [2.05, 4.69) is 17.2 Å². The van der Waals surface area contributed by atoms with Crippen molar-refractivity contribution >= 4 is 23.5 Å². The number of amides is 2. The Morgan fingerprint density at radius 2 is 1.56 bits per heavy atom. The van der Waals surface area contributed by atoms with Crippen LogP contribution >= 0.6 is 0 Å². The molecule has 10 heteroatoms. The van der Waals surface area contributed by atoms with Crippen molar-refractivity contribution in [1.29, 1.82) is 0 Å². The number of aliphatic hydroxyl groups excluding tert-OH is 1. The fraction of sp³-hybridized carbons (Fsp3) is 0.341. The van der Waals surface area contributed by atoms with E-state index in [1.54, 1.807) is 30.3 Å². The molecule has 10 nitrogen and oxygen atoms in total. The third kappa shape index (κ3) is 5.93. The predicted molar refractivity (Wildman–Crippen MR) is 201 cm³/mol. The second-order valence-electron chi connectivity index (χ2n) is 14.7. The van der Waals surface area contributed by atoms with Crippen LogP contribution in [-0.4, -0.2) is 57.8 Å². The number of rotatable bonds is 7. The molecule has 6 unspecified atom stereocenters. The largest absolute Gasteiger partial charge is 0.491 e. The summed E-state index contributed by atoms with van der Waals surface area (Å²) in [5.74, 6) is 3.31. The lowest BCUT2D eigenvalue weighted by Crippen LogP contribution is -2.53. The molecule has 54 heavy (non-hydrogen) atoms. The van der Waals surface area contributed by atoms with E-state index in [4.69, 9.17) is 15.2 Å². The van der Waals surface area contributed by atoms with Crippen molar-refractivity contribution in [3.8, 4) is 17.6 Å². The van der Waals surface area contributed by atoms with Gasteiger partial charge in [0.2, 0.25) is 11.8 Å². The molecular formula is C44H43N3O7. The Labute approximate surface area is 314 Å². The number of hydrogen-bond donors (Lipinski definition) is 4. The van der Waals surface area contributed by atoms with Crippen molar-refractivity contribution in [2.75, 3.05) is 18.5 Å². The quantitative estimate of drug-likeness (QED) is 0.115. The number of anilines is 1. The third-order valence-electron chi connectivity index (χ3n) is 11.5. The van der Waals surface area contributed by atoms with E-state index in [0.717, 1.165) is 36.8 Å². The van der Waals surface area contributed by atoms with E-state index in [1.807, 2.05) is 77.7 Å². The molecule has 2 amide bonds. The van der Waals surface area contributed by atoms with Crippen LogP contribution < -0.4 is 15.8 Å². The van der Waals surface area contributed by atoms with E-state index in [1.165, 1.54) is 0 Å². The molecule has 4 aromatic rings. The zero-order valence-corrected chi connectivity index (χ0v) is 29.8. The predicted octanol–water partition coefficient (Wildman–Crippen LogP) is 5.25. The van der Waals surface area contributed by atoms with Crippen LogP contribution in [0.1, 0.15) is 84.5 Å². The first kappa shape index (κ1) is 35.6. The summed E-state index contributed by atoms with van der Waals surface area (Å²) in [5.41, 5.74) is 7.03. The SMILES string of the molecule is NC(=O)C1C2C(=O)OC(c3ccccc3)C(c3ccccc3)N2C(c2ccccc2OCCO)C12C(=O)Nc1ccc(C#CC3(O)CCCCCC3)cc12. The van der Waals surface area contributed by atoms with E-state index in [0.29, 0.717) is 41.0 Å². The monoisotopic (exact) mass is 725 g/mol. The van der Waals surface area contributed by atoms with Gasteiger partial charge in [-0.3, -0.25) is 19.3 Å². The molecule has 6 atom stereocenters. The van der Waals surface area contributed by atoms with Crippen molar-refractivity contribution in [2.45, 2.75) is 73.8 Å². The second kappa shape index (κ2) is 14.4. The van der Waals surface area contributed by atoms with Crippen LogP contribution in [0.15, 0.2) is 103 Å². The topological polar surface area (TPSA) is 151 Å². The Bertz CT molecular complexity index is 2120. The van der Waals surface area contributed by atoms with Crippen molar-refractivity contribution in [3.63, 3.8) is 0 Å². The molecule has 0 radical (unpaired) electrons. The molecule has 4 aliphatic rings. The first-order valence-electron chi connectivity index (χ1n) is 18.7. The Kier molecular flexibility index (Phi) is 9.48. The van der Waals surface area contributed by atoms with Crippen LogP contribution in [0, 0.1) is 17.8 Å². The molecular weight excluding hydrogens is 682 g/mol. The normalized spacial score (nSPS) is 27.1. The maximum atomic E-state index is 15.1. The van der Waals surface area contributed by atoms with Gasteiger partial charge in [-0.15, -0.1) is 0 Å². The fourth-order valence-corrected chi connectivity index (χ4v) is 9.29. The highest BCUT2D eigenvalue weighted by molar-refractivity contribution is 6.12. The van der Waals surface area contributed by atoms with Gasteiger partial charge in [0.1, 0.15) is 35.5 Å². The number of carbonyl (C=O) groups is 3. The van der Waals surface area contributed by atoms with Gasteiger partial charge in [-0.05, 0) is 66.6 Å². The second-order valence-corrected chi connectivity index (χ2v) is 14.7. The average molecular weight is 726 g/mol. The first-order chi connectivity index (χ1) is 26.3. The molecule has 0 bridgehead atoms. The number of para-hydroxylation sites is 1. The van der Waals surface area contributed by atoms with Crippen molar-refractivity contribution in [1.82, 2.24) is 4.90 Å². The van der Waals surface area contributed by atoms with Crippen LogP contribution in [0.3, 0.4) is 0 Å². The van der Waals surface area contributed by atoms with Gasteiger partial charge in [-0.2, -0.15) is 0 Å². The maximum Gasteiger partial charge on any atom is 0.324 e. The summed E-state index contributed by atoms with van der Waals surface area (Å²) in [6.45, 7) is -0.283. The van der Waals surface area contributed by atoms with Crippen LogP contribution in [0.25, 0.3) is 0 Å². The smallest absolute Gasteiger partial charge is 0.324 e. The molecule has 276 valence electrons. The molecule has 0 aromatic heterocycles. The highest BCUT2D eigenvalue weighted by atomic mass is 16.6. The van der Waals surface area contributed by atoms with Crippen molar-refractivity contribution in [3.05, 3.63) is 131 Å². The molecule has 3 fully saturated rings. The van der Waals surface area contributed by atoms with Gasteiger partial charge in [0.05, 0.1) is 24.6 Å². The number of hydrogen-bond acceptors (Lipinski definition) is 8. The fourth-order valence-electron chi connectivity index (χ4n) is 9.29. The van der Waals surface area contributed by atoms with E-state index >= 15 is 4.79 Å². The number of nitrogens with one attached hydrogen (secondary N) is 1. The lowest BCUT2D eigenvalue weighted by Gasteiger charge is -2.46. The molecule has 1 spiro atoms. The number of fused-ring (bicyclic) bond motifs is 3. The lowest BCUT2D eigenvalue weighted by atomic mass is 9.65. The molecule has 3 aliphatic heterocycles. The number of nitrogens with zero attached hydrogens (tertiary/aromatic N) is 1. The van der Waals surface area contributed by atoms with Crippen molar-refractivity contribution < 1.29 is 34.1 Å². The zero-order chi connectivity index (χ0) is 37.5. The van der Waals surface area contributed by atoms with E-state index in [9.17, 15) is 19.8 Å². The molecule has 3 heterocycles. The van der Waals surface area contributed by atoms with Crippen LogP contribution in [0.2, 0.25) is 0 Å². The van der Waals surface area contributed by atoms with E-state index < -0.39 is 58.9 Å². The van der Waals surface area contributed by atoms with E-state index in [-0.39, 0.29) is 13.2 Å². The maximum absolute atomic E-state index is 15.1. The zero-order valence-electron chi connectivity index (χ0n) is 29.8. The van der Waals surface area contributed by atoms with Crippen LogP contribution in [0.5, 0.6) is 5.75 Å². The van der Waals surface area contributed by atoms with Gasteiger partial charge < -0.3 is 30.7 Å². The number of aliphatic hydroxyl groups is 2. The highest BCUT2D eigenvalue weighted by Gasteiger charge is 2.74. The number of primary amides is 1. The Balaban J connectivity index is 1.40. The molecule has 5 N–H and O–H groups in total. The number of cyclic esters (lactones) is 1. The van der Waals surface area contributed by atoms with Gasteiger partial charge in [0, 0.05) is 16.8 Å². The minimum atomic E-state index is -1.76. The Morgan fingerprint density at radius 3 is 2.24 bits per heavy atom. The molecule has 4 aromatic carbocycles. The third-order valence-corrected chi connectivity index (χ3v) is 11.5. The summed E-state index contributed by atoms with van der Waals surface area (Å²) < 4.78 is 12.5. The number of ether oxygens (including phenoxy) is 2. The van der Waals surface area contributed by atoms with Crippen molar-refractivity contribution in [2.24, 2.45) is 11.7 Å². The number of morpholine rings is 1. The first-order valence-corrected chi connectivity index (χ1v) is 18.7. The lowest BCUT2D eigenvalue weighted by molar-refractivity contribution is -0.178. The number of benzene rings is 4. The van der Waals surface area contributed by atoms with Gasteiger partial charge in [0.15, 0.2) is 0 Å². The summed E-state index contributed by atoms with van der Waals surface area (Å²) >= 11 is 0. The highest BCUT2D eigenvalue weighted by Crippen LogP contribution is 2.65. The molecule has 1 saturated carbocycles. The average Bonchev–Trinajstić information content (AvgIpc) is 3.55. The Hall–Kier alpha value is -5.47. The standard InChI is InChI=1S/C44H43N3O7/c45-40(49)35-37-41(50)54-38(30-15-7-4-8-16-30)36(29-13-5-3-6-14-29)47(37)39(31-17-9-10-18-34(31)53-26-25-48)44(35)32-27-28(19-20-33(32)46-42(44)51)21-24-43(52)22-11-1-2-12-23-43/h3-10,13-20,27,35-39,48,52H,1-2,11-12,22-23,25-26H2,(H2,45,49)(H,46,51).